The van der Waals surface area contributed by atoms with Gasteiger partial charge in [0.15, 0.2) is 0 Å². The molecule has 166 valence electrons. The highest BCUT2D eigenvalue weighted by Gasteiger charge is 2.38. The second-order valence-corrected chi connectivity index (χ2v) is 6.53. The van der Waals surface area contributed by atoms with Crippen molar-refractivity contribution in [2.45, 2.75) is 38.0 Å². The van der Waals surface area contributed by atoms with Gasteiger partial charge in [0, 0.05) is 13.1 Å². The summed E-state index contributed by atoms with van der Waals surface area (Å²) in [7, 11) is 3.66. The van der Waals surface area contributed by atoms with E-state index in [4.69, 9.17) is 0 Å². The lowest BCUT2D eigenvalue weighted by atomic mass is 10.2. The number of halogens is 6. The van der Waals surface area contributed by atoms with Crippen LogP contribution in [0.25, 0.3) is 0 Å². The zero-order chi connectivity index (χ0) is 21.8. The number of amides is 2. The van der Waals surface area contributed by atoms with Crippen molar-refractivity contribution < 1.29 is 35.9 Å². The number of hydrogen-bond acceptors (Lipinski definition) is 4. The Hall–Kier alpha value is -1.56. The maximum atomic E-state index is 12.0. The number of carbonyl (C=O) groups is 2. The molecule has 0 atom stereocenters. The van der Waals surface area contributed by atoms with Crippen molar-refractivity contribution in [2.24, 2.45) is 0 Å². The first-order valence-electron chi connectivity index (χ1n) is 8.91. The highest BCUT2D eigenvalue weighted by Crippen LogP contribution is 2.14. The molecule has 28 heavy (non-hydrogen) atoms. The lowest BCUT2D eigenvalue weighted by molar-refractivity contribution is -0.173. The third-order valence-electron chi connectivity index (χ3n) is 3.85. The molecule has 0 aliphatic rings. The maximum Gasteiger partial charge on any atom is 0.471 e. The van der Waals surface area contributed by atoms with Crippen molar-refractivity contribution in [1.29, 1.82) is 0 Å². The molecular weight excluding hydrogens is 394 g/mol. The van der Waals surface area contributed by atoms with Crippen LogP contribution in [0.3, 0.4) is 0 Å². The SMILES string of the molecule is CN(CCCCN(C)CCCNC(=O)C(F)(F)F)CCCNC(=O)C(F)(F)F. The molecule has 0 aromatic heterocycles. The van der Waals surface area contributed by atoms with Crippen molar-refractivity contribution >= 4 is 11.8 Å². The Morgan fingerprint density at radius 1 is 0.643 bits per heavy atom. The van der Waals surface area contributed by atoms with E-state index in [2.05, 4.69) is 0 Å². The molecule has 0 aromatic carbocycles. The summed E-state index contributed by atoms with van der Waals surface area (Å²) in [6.45, 7) is 2.48. The molecule has 0 aliphatic heterocycles. The molecule has 0 heterocycles. The van der Waals surface area contributed by atoms with Gasteiger partial charge in [0.1, 0.15) is 0 Å². The van der Waals surface area contributed by atoms with E-state index in [1.54, 1.807) is 0 Å². The van der Waals surface area contributed by atoms with Crippen molar-refractivity contribution in [2.75, 3.05) is 53.4 Å². The van der Waals surface area contributed by atoms with Gasteiger partial charge in [0.05, 0.1) is 0 Å². The van der Waals surface area contributed by atoms with E-state index in [1.165, 1.54) is 0 Å². The van der Waals surface area contributed by atoms with E-state index in [1.807, 2.05) is 34.5 Å². The molecule has 0 rings (SSSR count). The lowest BCUT2D eigenvalue weighted by Gasteiger charge is -2.19. The summed E-state index contributed by atoms with van der Waals surface area (Å²) in [4.78, 5) is 25.2. The minimum absolute atomic E-state index is 0.0453. The summed E-state index contributed by atoms with van der Waals surface area (Å²) in [5, 5.41) is 3.63. The molecule has 6 nitrogen and oxygen atoms in total. The van der Waals surface area contributed by atoms with Gasteiger partial charge in [0.25, 0.3) is 0 Å². The van der Waals surface area contributed by atoms with Crippen molar-refractivity contribution in [3.63, 3.8) is 0 Å². The lowest BCUT2D eigenvalue weighted by Crippen LogP contribution is -2.38. The second kappa shape index (κ2) is 12.8. The average Bonchev–Trinajstić information content (AvgIpc) is 2.57. The molecule has 0 saturated carbocycles. The number of hydrogen-bond donors (Lipinski definition) is 2. The number of alkyl halides is 6. The van der Waals surface area contributed by atoms with Crippen LogP contribution < -0.4 is 10.6 Å². The fourth-order valence-electron chi connectivity index (χ4n) is 2.29. The molecule has 0 spiro atoms. The minimum Gasteiger partial charge on any atom is -0.348 e. The predicted molar refractivity (Wildman–Crippen MR) is 91.6 cm³/mol. The summed E-state index contributed by atoms with van der Waals surface area (Å²) in [6.07, 6.45) is -7.21. The van der Waals surface area contributed by atoms with E-state index in [-0.39, 0.29) is 13.1 Å². The molecule has 2 N–H and O–H groups in total. The van der Waals surface area contributed by atoms with Gasteiger partial charge in [-0.3, -0.25) is 9.59 Å². The van der Waals surface area contributed by atoms with Gasteiger partial charge in [-0.05, 0) is 66.0 Å². The number of unbranched alkanes of at least 4 members (excludes halogenated alkanes) is 1. The number of carbonyl (C=O) groups excluding carboxylic acids is 2. The van der Waals surface area contributed by atoms with Gasteiger partial charge < -0.3 is 20.4 Å². The van der Waals surface area contributed by atoms with Crippen LogP contribution >= 0.6 is 0 Å². The normalized spacial score (nSPS) is 12.5. The molecule has 0 aliphatic carbocycles. The number of rotatable bonds is 13. The zero-order valence-electron chi connectivity index (χ0n) is 16.0. The van der Waals surface area contributed by atoms with Gasteiger partial charge in [0.2, 0.25) is 0 Å². The molecule has 0 radical (unpaired) electrons. The Morgan fingerprint density at radius 3 is 1.21 bits per heavy atom. The Balaban J connectivity index is 3.62. The summed E-state index contributed by atoms with van der Waals surface area (Å²) in [6, 6.07) is 0. The Bertz CT molecular complexity index is 429. The third kappa shape index (κ3) is 13.6. The topological polar surface area (TPSA) is 64.7 Å². The Labute approximate surface area is 160 Å². The van der Waals surface area contributed by atoms with Crippen LogP contribution in [0.1, 0.15) is 25.7 Å². The number of nitrogens with zero attached hydrogens (tertiary/aromatic N) is 2. The fraction of sp³-hybridized carbons (Fsp3) is 0.875. The summed E-state index contributed by atoms with van der Waals surface area (Å²) in [5.41, 5.74) is 0. The van der Waals surface area contributed by atoms with Gasteiger partial charge in [-0.15, -0.1) is 0 Å². The monoisotopic (exact) mass is 422 g/mol. The molecule has 0 bridgehead atoms. The first kappa shape index (κ1) is 26.4. The van der Waals surface area contributed by atoms with Crippen LogP contribution in [-0.2, 0) is 9.59 Å². The Kier molecular flexibility index (Phi) is 12.1. The van der Waals surface area contributed by atoms with Crippen LogP contribution in [0, 0.1) is 0 Å². The van der Waals surface area contributed by atoms with E-state index < -0.39 is 24.2 Å². The molecule has 0 aromatic rings. The number of nitrogens with one attached hydrogen (secondary N) is 2. The largest absolute Gasteiger partial charge is 0.471 e. The minimum atomic E-state index is -4.86. The maximum absolute atomic E-state index is 12.0. The van der Waals surface area contributed by atoms with Gasteiger partial charge >= 0.3 is 24.2 Å². The van der Waals surface area contributed by atoms with E-state index >= 15 is 0 Å². The fourth-order valence-corrected chi connectivity index (χ4v) is 2.29. The quantitative estimate of drug-likeness (QED) is 0.351. The standard InChI is InChI=1S/C16H28F6N4O2/c1-25(11-5-7-23-13(27)15(17,18)19)9-3-4-10-26(2)12-6-8-24-14(28)16(20,21)22/h3-12H2,1-2H3,(H,23,27)(H,24,28). The van der Waals surface area contributed by atoms with Gasteiger partial charge in [-0.1, -0.05) is 0 Å². The third-order valence-corrected chi connectivity index (χ3v) is 3.85. The highest BCUT2D eigenvalue weighted by molar-refractivity contribution is 5.81. The van der Waals surface area contributed by atoms with Crippen molar-refractivity contribution in [3.05, 3.63) is 0 Å². The molecule has 0 unspecified atom stereocenters. The van der Waals surface area contributed by atoms with Crippen molar-refractivity contribution in [3.8, 4) is 0 Å². The zero-order valence-corrected chi connectivity index (χ0v) is 16.0. The van der Waals surface area contributed by atoms with E-state index in [0.29, 0.717) is 25.9 Å². The summed E-state index contributed by atoms with van der Waals surface area (Å²) in [5.74, 6) is -3.87. The van der Waals surface area contributed by atoms with Crippen LogP contribution in [-0.4, -0.2) is 87.3 Å². The van der Waals surface area contributed by atoms with Crippen LogP contribution in [0.2, 0.25) is 0 Å². The average molecular weight is 422 g/mol. The summed E-state index contributed by atoms with van der Waals surface area (Å²) < 4.78 is 72.0. The molecule has 2 amide bonds. The van der Waals surface area contributed by atoms with Crippen LogP contribution in [0.4, 0.5) is 26.3 Å². The van der Waals surface area contributed by atoms with Gasteiger partial charge in [-0.25, -0.2) is 0 Å². The van der Waals surface area contributed by atoms with Crippen LogP contribution in [0.15, 0.2) is 0 Å². The highest BCUT2D eigenvalue weighted by atomic mass is 19.4. The molecule has 12 heteroatoms. The second-order valence-electron chi connectivity index (χ2n) is 6.53. The smallest absolute Gasteiger partial charge is 0.348 e. The van der Waals surface area contributed by atoms with Crippen LogP contribution in [0.5, 0.6) is 0 Å². The molecular formula is C16H28F6N4O2. The van der Waals surface area contributed by atoms with E-state index in [0.717, 1.165) is 25.9 Å². The molecule has 0 saturated heterocycles. The first-order chi connectivity index (χ1) is 12.8. The van der Waals surface area contributed by atoms with Crippen molar-refractivity contribution in [1.82, 2.24) is 20.4 Å². The molecule has 0 fully saturated rings. The van der Waals surface area contributed by atoms with E-state index in [9.17, 15) is 35.9 Å². The first-order valence-corrected chi connectivity index (χ1v) is 8.91. The van der Waals surface area contributed by atoms with Gasteiger partial charge in [-0.2, -0.15) is 26.3 Å². The summed E-state index contributed by atoms with van der Waals surface area (Å²) >= 11 is 0. The predicted octanol–water partition coefficient (Wildman–Crippen LogP) is 1.77. The Morgan fingerprint density at radius 2 is 0.929 bits per heavy atom.